The molecule has 0 atom stereocenters. The number of thioether (sulfide) groups is 1. The normalized spacial score (nSPS) is 10.8. The highest BCUT2D eigenvalue weighted by atomic mass is 35.5. The molecule has 9 nitrogen and oxygen atoms in total. The summed E-state index contributed by atoms with van der Waals surface area (Å²) in [5.41, 5.74) is 1.38. The van der Waals surface area contributed by atoms with Crippen molar-refractivity contribution in [2.24, 2.45) is 0 Å². The van der Waals surface area contributed by atoms with Crippen LogP contribution in [-0.2, 0) is 16.0 Å². The molecule has 2 amide bonds. The Morgan fingerprint density at radius 2 is 1.82 bits per heavy atom. The van der Waals surface area contributed by atoms with Gasteiger partial charge in [0.2, 0.25) is 28.7 Å². The van der Waals surface area contributed by atoms with Crippen molar-refractivity contribution in [1.82, 2.24) is 20.3 Å². The van der Waals surface area contributed by atoms with Crippen molar-refractivity contribution in [1.29, 1.82) is 0 Å². The highest BCUT2D eigenvalue weighted by molar-refractivity contribution is 8.01. The number of benzene rings is 2. The lowest BCUT2D eigenvalue weighted by Crippen LogP contribution is -2.13. The Hall–Kier alpha value is -2.99. The van der Waals surface area contributed by atoms with Crippen LogP contribution in [0.25, 0.3) is 11.4 Å². The van der Waals surface area contributed by atoms with Gasteiger partial charge in [0.1, 0.15) is 0 Å². The maximum absolute atomic E-state index is 12.2. The predicted octanol–water partition coefficient (Wildman–Crippen LogP) is 5.20. The number of halogens is 2. The van der Waals surface area contributed by atoms with Crippen molar-refractivity contribution in [2.45, 2.75) is 17.2 Å². The first-order valence-electron chi connectivity index (χ1n) is 9.85. The lowest BCUT2D eigenvalue weighted by Gasteiger charge is -2.05. The van der Waals surface area contributed by atoms with Gasteiger partial charge in [0, 0.05) is 24.1 Å². The average molecular weight is 535 g/mol. The summed E-state index contributed by atoms with van der Waals surface area (Å²) in [5, 5.41) is 18.4. The molecule has 0 radical (unpaired) electrons. The highest BCUT2D eigenvalue weighted by Gasteiger charge is 2.14. The first-order chi connectivity index (χ1) is 16.5. The van der Waals surface area contributed by atoms with Crippen LogP contribution in [0.15, 0.2) is 57.4 Å². The third-order valence-electron chi connectivity index (χ3n) is 4.25. The number of nitrogens with zero attached hydrogens (tertiary/aromatic N) is 4. The number of nitrogens with one attached hydrogen (secondary N) is 2. The summed E-state index contributed by atoms with van der Waals surface area (Å²) in [6, 6.07) is 14.3. The van der Waals surface area contributed by atoms with Crippen LogP contribution in [0.4, 0.5) is 10.8 Å². The van der Waals surface area contributed by atoms with Gasteiger partial charge >= 0.3 is 0 Å². The molecule has 2 N–H and O–H groups in total. The minimum atomic E-state index is -0.260. The molecular formula is C21H16Cl2N6O3S2. The van der Waals surface area contributed by atoms with E-state index in [2.05, 4.69) is 31.0 Å². The maximum Gasteiger partial charge on any atom is 0.234 e. The van der Waals surface area contributed by atoms with Crippen LogP contribution in [0.2, 0.25) is 10.0 Å². The van der Waals surface area contributed by atoms with E-state index in [4.69, 9.17) is 27.7 Å². The fourth-order valence-corrected chi connectivity index (χ4v) is 4.55. The SMILES string of the molecule is O=C(CSc1nnc(NC(=O)CCc2nc(-c3ccccc3)no2)s1)Nc1ccc(Cl)c(Cl)c1. The monoisotopic (exact) mass is 534 g/mol. The van der Waals surface area contributed by atoms with Crippen molar-refractivity contribution >= 4 is 68.9 Å². The molecule has 0 aliphatic rings. The van der Waals surface area contributed by atoms with Crippen LogP contribution in [0.1, 0.15) is 12.3 Å². The first-order valence-corrected chi connectivity index (χ1v) is 12.4. The third-order valence-corrected chi connectivity index (χ3v) is 6.96. The van der Waals surface area contributed by atoms with Crippen LogP contribution in [-0.4, -0.2) is 37.9 Å². The molecule has 0 bridgehead atoms. The predicted molar refractivity (Wildman–Crippen MR) is 132 cm³/mol. The second-order valence-electron chi connectivity index (χ2n) is 6.76. The van der Waals surface area contributed by atoms with Crippen molar-refractivity contribution in [3.63, 3.8) is 0 Å². The summed E-state index contributed by atoms with van der Waals surface area (Å²) in [4.78, 5) is 28.7. The van der Waals surface area contributed by atoms with Gasteiger partial charge in [-0.2, -0.15) is 4.98 Å². The molecule has 2 aromatic carbocycles. The van der Waals surface area contributed by atoms with Crippen LogP contribution in [0.3, 0.4) is 0 Å². The summed E-state index contributed by atoms with van der Waals surface area (Å²) in [5.74, 6) is 0.465. The summed E-state index contributed by atoms with van der Waals surface area (Å²) in [6.07, 6.45) is 0.436. The Bertz CT molecular complexity index is 1300. The van der Waals surface area contributed by atoms with Gasteiger partial charge in [0.05, 0.1) is 15.8 Å². The van der Waals surface area contributed by atoms with E-state index in [0.29, 0.717) is 43.3 Å². The van der Waals surface area contributed by atoms with Crippen LogP contribution in [0.5, 0.6) is 0 Å². The number of anilines is 2. The molecule has 2 aromatic heterocycles. The first kappa shape index (κ1) is 24.1. The van der Waals surface area contributed by atoms with Gasteiger partial charge in [-0.15, -0.1) is 10.2 Å². The summed E-state index contributed by atoms with van der Waals surface area (Å²) >= 11 is 14.2. The molecule has 2 heterocycles. The molecule has 0 unspecified atom stereocenters. The maximum atomic E-state index is 12.2. The van der Waals surface area contributed by atoms with E-state index in [0.717, 1.165) is 5.56 Å². The number of amides is 2. The number of aromatic nitrogens is 4. The molecule has 4 rings (SSSR count). The lowest BCUT2D eigenvalue weighted by atomic mass is 10.2. The molecule has 0 saturated heterocycles. The quantitative estimate of drug-likeness (QED) is 0.222. The zero-order valence-electron chi connectivity index (χ0n) is 17.3. The molecule has 13 heteroatoms. The number of hydrogen-bond acceptors (Lipinski definition) is 9. The van der Waals surface area contributed by atoms with Gasteiger partial charge in [-0.1, -0.05) is 81.8 Å². The topological polar surface area (TPSA) is 123 Å². The Labute approximate surface area is 212 Å². The van der Waals surface area contributed by atoms with Crippen LogP contribution < -0.4 is 10.6 Å². The molecule has 0 aliphatic heterocycles. The molecule has 0 spiro atoms. The Morgan fingerprint density at radius 1 is 1.00 bits per heavy atom. The molecule has 34 heavy (non-hydrogen) atoms. The van der Waals surface area contributed by atoms with Gasteiger partial charge in [0.15, 0.2) is 4.34 Å². The molecule has 0 aliphatic carbocycles. The zero-order valence-corrected chi connectivity index (χ0v) is 20.5. The van der Waals surface area contributed by atoms with Crippen molar-refractivity contribution in [3.8, 4) is 11.4 Å². The number of rotatable bonds is 9. The van der Waals surface area contributed by atoms with E-state index in [-0.39, 0.29) is 24.0 Å². The molecule has 4 aromatic rings. The second-order valence-corrected chi connectivity index (χ2v) is 9.78. The largest absolute Gasteiger partial charge is 0.339 e. The smallest absolute Gasteiger partial charge is 0.234 e. The average Bonchev–Trinajstić information content (AvgIpc) is 3.49. The summed E-state index contributed by atoms with van der Waals surface area (Å²) < 4.78 is 5.76. The van der Waals surface area contributed by atoms with Gasteiger partial charge in [0.25, 0.3) is 0 Å². The number of carbonyl (C=O) groups excluding carboxylic acids is 2. The van der Waals surface area contributed by atoms with Gasteiger partial charge in [-0.25, -0.2) is 0 Å². The van der Waals surface area contributed by atoms with Gasteiger partial charge in [-0.05, 0) is 18.2 Å². The van der Waals surface area contributed by atoms with Crippen LogP contribution in [0, 0.1) is 0 Å². The van der Waals surface area contributed by atoms with Gasteiger partial charge in [-0.3, -0.25) is 9.59 Å². The minimum absolute atomic E-state index is 0.115. The van der Waals surface area contributed by atoms with Crippen LogP contribution >= 0.6 is 46.3 Å². The van der Waals surface area contributed by atoms with Crippen molar-refractivity contribution < 1.29 is 14.1 Å². The third kappa shape index (κ3) is 6.76. The number of carbonyl (C=O) groups is 2. The van der Waals surface area contributed by atoms with E-state index < -0.39 is 0 Å². The van der Waals surface area contributed by atoms with E-state index in [1.54, 1.807) is 18.2 Å². The Morgan fingerprint density at radius 3 is 2.62 bits per heavy atom. The fraction of sp³-hybridized carbons (Fsp3) is 0.143. The van der Waals surface area contributed by atoms with Crippen molar-refractivity contribution in [3.05, 3.63) is 64.5 Å². The fourth-order valence-electron chi connectivity index (χ4n) is 2.68. The molecule has 174 valence electrons. The molecule has 0 fully saturated rings. The molecule has 0 saturated carbocycles. The summed E-state index contributed by atoms with van der Waals surface area (Å²) in [7, 11) is 0. The van der Waals surface area contributed by atoms with E-state index in [9.17, 15) is 9.59 Å². The Balaban J connectivity index is 1.21. The van der Waals surface area contributed by atoms with E-state index in [1.807, 2.05) is 30.3 Å². The zero-order chi connectivity index (χ0) is 23.9. The van der Waals surface area contributed by atoms with Crippen molar-refractivity contribution in [2.75, 3.05) is 16.4 Å². The van der Waals surface area contributed by atoms with E-state index in [1.165, 1.54) is 23.1 Å². The number of hydrogen-bond donors (Lipinski definition) is 2. The second kappa shape index (κ2) is 11.4. The standard InChI is InChI=1S/C21H16Cl2N6O3S2/c22-14-7-6-13(10-15(14)23)24-17(31)11-33-21-28-27-20(34-21)25-16(30)8-9-18-26-19(29-32-18)12-4-2-1-3-5-12/h1-7,10H,8-9,11H2,(H,24,31)(H,25,27,30). The lowest BCUT2D eigenvalue weighted by molar-refractivity contribution is -0.116. The highest BCUT2D eigenvalue weighted by Crippen LogP contribution is 2.27. The van der Waals surface area contributed by atoms with Gasteiger partial charge < -0.3 is 15.2 Å². The van der Waals surface area contributed by atoms with E-state index >= 15 is 0 Å². The molecular weight excluding hydrogens is 519 g/mol. The summed E-state index contributed by atoms with van der Waals surface area (Å²) in [6.45, 7) is 0. The minimum Gasteiger partial charge on any atom is -0.339 e. The Kier molecular flexibility index (Phi) is 8.12. The number of aryl methyl sites for hydroxylation is 1.